The molecule has 0 fully saturated rings. The topological polar surface area (TPSA) is 56.8 Å². The molecule has 0 heterocycles. The Kier molecular flexibility index (Phi) is 7.11. The average molecular weight is 391 g/mol. The molecule has 0 bridgehead atoms. The number of hydrogen-bond acceptors (Lipinski definition) is 4. The summed E-state index contributed by atoms with van der Waals surface area (Å²) in [7, 11) is 3.20. The fraction of sp³-hybridized carbons (Fsp3) is 0.208. The van der Waals surface area contributed by atoms with Crippen LogP contribution in [0.3, 0.4) is 0 Å². The third-order valence-corrected chi connectivity index (χ3v) is 4.46. The first-order chi connectivity index (χ1) is 14.2. The van der Waals surface area contributed by atoms with Gasteiger partial charge in [-0.05, 0) is 53.9 Å². The predicted octanol–water partition coefficient (Wildman–Crippen LogP) is 4.75. The number of carbonyl (C=O) groups excluding carboxylic acids is 1. The minimum absolute atomic E-state index is 0.00540. The van der Waals surface area contributed by atoms with Crippen LogP contribution in [0, 0.1) is 0 Å². The van der Waals surface area contributed by atoms with E-state index in [1.165, 1.54) is 0 Å². The molecule has 0 atom stereocenters. The highest BCUT2D eigenvalue weighted by molar-refractivity contribution is 5.76. The van der Waals surface area contributed by atoms with E-state index < -0.39 is 0 Å². The summed E-state index contributed by atoms with van der Waals surface area (Å²) < 4.78 is 16.4. The number of rotatable bonds is 9. The van der Waals surface area contributed by atoms with Crippen LogP contribution in [0.2, 0.25) is 0 Å². The second-order valence-electron chi connectivity index (χ2n) is 6.53. The summed E-state index contributed by atoms with van der Waals surface area (Å²) in [6.45, 7) is 0.455. The van der Waals surface area contributed by atoms with E-state index in [2.05, 4.69) is 5.32 Å². The van der Waals surface area contributed by atoms with Gasteiger partial charge in [0.2, 0.25) is 5.91 Å². The lowest BCUT2D eigenvalue weighted by atomic mass is 10.1. The van der Waals surface area contributed by atoms with E-state index in [9.17, 15) is 4.79 Å². The van der Waals surface area contributed by atoms with Crippen molar-refractivity contribution in [2.24, 2.45) is 0 Å². The van der Waals surface area contributed by atoms with Crippen molar-refractivity contribution in [3.05, 3.63) is 83.9 Å². The van der Waals surface area contributed by atoms with Crippen LogP contribution in [0.25, 0.3) is 0 Å². The Morgan fingerprint density at radius 3 is 2.31 bits per heavy atom. The van der Waals surface area contributed by atoms with Gasteiger partial charge in [0.1, 0.15) is 11.5 Å². The third kappa shape index (κ3) is 6.01. The SMILES string of the molecule is COc1ccc(CCC(=O)NCc2cccc(Oc3ccccc3)c2)cc1OC. The first kappa shape index (κ1) is 20.3. The van der Waals surface area contributed by atoms with Crippen LogP contribution in [-0.4, -0.2) is 20.1 Å². The first-order valence-electron chi connectivity index (χ1n) is 9.47. The number of para-hydroxylation sites is 1. The Hall–Kier alpha value is -3.47. The van der Waals surface area contributed by atoms with Gasteiger partial charge >= 0.3 is 0 Å². The van der Waals surface area contributed by atoms with Crippen LogP contribution in [0.15, 0.2) is 72.8 Å². The van der Waals surface area contributed by atoms with Crippen molar-refractivity contribution >= 4 is 5.91 Å². The highest BCUT2D eigenvalue weighted by Gasteiger charge is 2.07. The molecule has 0 saturated carbocycles. The molecule has 3 aromatic rings. The van der Waals surface area contributed by atoms with Gasteiger partial charge in [0, 0.05) is 13.0 Å². The highest BCUT2D eigenvalue weighted by atomic mass is 16.5. The summed E-state index contributed by atoms with van der Waals surface area (Å²) in [4.78, 5) is 12.2. The Labute approximate surface area is 171 Å². The molecule has 3 rings (SSSR count). The second kappa shape index (κ2) is 10.2. The first-order valence-corrected chi connectivity index (χ1v) is 9.47. The zero-order valence-electron chi connectivity index (χ0n) is 16.7. The number of benzene rings is 3. The number of nitrogens with one attached hydrogen (secondary N) is 1. The largest absolute Gasteiger partial charge is 0.493 e. The number of aryl methyl sites for hydroxylation is 1. The van der Waals surface area contributed by atoms with Crippen LogP contribution >= 0.6 is 0 Å². The van der Waals surface area contributed by atoms with Crippen LogP contribution in [0.5, 0.6) is 23.0 Å². The average Bonchev–Trinajstić information content (AvgIpc) is 2.77. The van der Waals surface area contributed by atoms with Crippen molar-refractivity contribution in [1.82, 2.24) is 5.32 Å². The summed E-state index contributed by atoms with van der Waals surface area (Å²) in [5, 5.41) is 2.96. The molecular formula is C24H25NO4. The fourth-order valence-corrected chi connectivity index (χ4v) is 2.93. The zero-order chi connectivity index (χ0) is 20.5. The lowest BCUT2D eigenvalue weighted by Crippen LogP contribution is -2.23. The lowest BCUT2D eigenvalue weighted by molar-refractivity contribution is -0.121. The van der Waals surface area contributed by atoms with E-state index in [0.717, 1.165) is 22.6 Å². The number of carbonyl (C=O) groups is 1. The van der Waals surface area contributed by atoms with Gasteiger partial charge in [-0.2, -0.15) is 0 Å². The molecule has 29 heavy (non-hydrogen) atoms. The Bertz CT molecular complexity index is 941. The molecule has 0 aromatic heterocycles. The Morgan fingerprint density at radius 1 is 0.793 bits per heavy atom. The minimum Gasteiger partial charge on any atom is -0.493 e. The van der Waals surface area contributed by atoms with Crippen molar-refractivity contribution in [2.75, 3.05) is 14.2 Å². The van der Waals surface area contributed by atoms with E-state index in [1.54, 1.807) is 14.2 Å². The van der Waals surface area contributed by atoms with Crippen LogP contribution in [-0.2, 0) is 17.8 Å². The third-order valence-electron chi connectivity index (χ3n) is 4.46. The van der Waals surface area contributed by atoms with Crippen LogP contribution in [0.4, 0.5) is 0 Å². The molecule has 5 nitrogen and oxygen atoms in total. The van der Waals surface area contributed by atoms with Crippen molar-refractivity contribution in [3.63, 3.8) is 0 Å². The predicted molar refractivity (Wildman–Crippen MR) is 113 cm³/mol. The summed E-state index contributed by atoms with van der Waals surface area (Å²) in [6.07, 6.45) is 1.03. The molecule has 1 N–H and O–H groups in total. The molecule has 150 valence electrons. The molecule has 0 saturated heterocycles. The Morgan fingerprint density at radius 2 is 1.55 bits per heavy atom. The normalized spacial score (nSPS) is 10.3. The van der Waals surface area contributed by atoms with Gasteiger partial charge in [-0.3, -0.25) is 4.79 Å². The molecule has 0 aliphatic heterocycles. The van der Waals surface area contributed by atoms with E-state index in [0.29, 0.717) is 30.9 Å². The van der Waals surface area contributed by atoms with E-state index >= 15 is 0 Å². The van der Waals surface area contributed by atoms with Gasteiger partial charge in [0.05, 0.1) is 14.2 Å². The van der Waals surface area contributed by atoms with Crippen molar-refractivity contribution in [3.8, 4) is 23.0 Å². The highest BCUT2D eigenvalue weighted by Crippen LogP contribution is 2.28. The summed E-state index contributed by atoms with van der Waals surface area (Å²) in [5.74, 6) is 2.87. The van der Waals surface area contributed by atoms with Crippen molar-refractivity contribution in [2.45, 2.75) is 19.4 Å². The maximum atomic E-state index is 12.2. The summed E-state index contributed by atoms with van der Waals surface area (Å²) in [5.41, 5.74) is 2.01. The molecule has 0 aliphatic carbocycles. The van der Waals surface area contributed by atoms with Crippen molar-refractivity contribution < 1.29 is 19.0 Å². The van der Waals surface area contributed by atoms with E-state index in [1.807, 2.05) is 72.8 Å². The van der Waals surface area contributed by atoms with Gasteiger partial charge < -0.3 is 19.5 Å². The van der Waals surface area contributed by atoms with Gasteiger partial charge in [-0.1, -0.05) is 36.4 Å². The quantitative estimate of drug-likeness (QED) is 0.572. The number of hydrogen-bond donors (Lipinski definition) is 1. The molecule has 1 amide bonds. The summed E-state index contributed by atoms with van der Waals surface area (Å²) >= 11 is 0. The van der Waals surface area contributed by atoms with Crippen molar-refractivity contribution in [1.29, 1.82) is 0 Å². The molecule has 0 unspecified atom stereocenters. The fourth-order valence-electron chi connectivity index (χ4n) is 2.93. The van der Waals surface area contributed by atoms with Gasteiger partial charge in [-0.25, -0.2) is 0 Å². The van der Waals surface area contributed by atoms with Gasteiger partial charge in [0.25, 0.3) is 0 Å². The zero-order valence-corrected chi connectivity index (χ0v) is 16.7. The number of methoxy groups -OCH3 is 2. The maximum Gasteiger partial charge on any atom is 0.220 e. The van der Waals surface area contributed by atoms with E-state index in [4.69, 9.17) is 14.2 Å². The molecule has 3 aromatic carbocycles. The molecule has 0 radical (unpaired) electrons. The second-order valence-corrected chi connectivity index (χ2v) is 6.53. The van der Waals surface area contributed by atoms with Crippen LogP contribution in [0.1, 0.15) is 17.5 Å². The van der Waals surface area contributed by atoms with Crippen LogP contribution < -0.4 is 19.5 Å². The Balaban J connectivity index is 1.50. The molecular weight excluding hydrogens is 366 g/mol. The lowest BCUT2D eigenvalue weighted by Gasteiger charge is -2.10. The number of ether oxygens (including phenoxy) is 3. The van der Waals surface area contributed by atoms with E-state index in [-0.39, 0.29) is 5.91 Å². The van der Waals surface area contributed by atoms with Gasteiger partial charge in [0.15, 0.2) is 11.5 Å². The smallest absolute Gasteiger partial charge is 0.220 e. The standard InChI is InChI=1S/C24H25NO4/c1-27-22-13-11-18(16-23(22)28-2)12-14-24(26)25-17-19-7-6-10-21(15-19)29-20-8-4-3-5-9-20/h3-11,13,15-16H,12,14,17H2,1-2H3,(H,25,26). The maximum absolute atomic E-state index is 12.2. The minimum atomic E-state index is -0.00540. The molecule has 0 spiro atoms. The number of amides is 1. The van der Waals surface area contributed by atoms with Gasteiger partial charge in [-0.15, -0.1) is 0 Å². The summed E-state index contributed by atoms with van der Waals surface area (Å²) in [6, 6.07) is 23.0. The molecule has 5 heteroatoms. The monoisotopic (exact) mass is 391 g/mol. The molecule has 0 aliphatic rings.